The van der Waals surface area contributed by atoms with Gasteiger partial charge in [-0.25, -0.2) is 0 Å². The Bertz CT molecular complexity index is 773. The zero-order chi connectivity index (χ0) is 21.4. The van der Waals surface area contributed by atoms with Crippen LogP contribution in [0.2, 0.25) is 0 Å². The van der Waals surface area contributed by atoms with E-state index in [1.54, 1.807) is 16.7 Å². The molecule has 0 spiro atoms. The van der Waals surface area contributed by atoms with Gasteiger partial charge in [0.15, 0.2) is 0 Å². The summed E-state index contributed by atoms with van der Waals surface area (Å²) in [6, 6.07) is 4.30. The van der Waals surface area contributed by atoms with Crippen molar-refractivity contribution in [3.8, 4) is 5.75 Å². The normalized spacial score (nSPS) is 13.8. The number of amides is 2. The second kappa shape index (κ2) is 10.4. The minimum atomic E-state index is -0.917. The van der Waals surface area contributed by atoms with Crippen LogP contribution in [0.5, 0.6) is 5.75 Å². The summed E-state index contributed by atoms with van der Waals surface area (Å²) in [5.41, 5.74) is 0.614. The van der Waals surface area contributed by atoms with Crippen LogP contribution in [0.3, 0.4) is 0 Å². The highest BCUT2D eigenvalue weighted by atomic mass is 16.6. The molecule has 0 aliphatic carbocycles. The molecule has 2 amide bonds. The molecule has 158 valence electrons. The summed E-state index contributed by atoms with van der Waals surface area (Å²) >= 11 is 0. The zero-order valence-electron chi connectivity index (χ0n) is 16.3. The van der Waals surface area contributed by atoms with Gasteiger partial charge in [0.25, 0.3) is 5.69 Å². The number of rotatable bonds is 9. The summed E-state index contributed by atoms with van der Waals surface area (Å²) in [5, 5.41) is 19.4. The monoisotopic (exact) mass is 407 g/mol. The maximum Gasteiger partial charge on any atom is 0.303 e. The van der Waals surface area contributed by atoms with E-state index in [0.29, 0.717) is 43.9 Å². The van der Waals surface area contributed by atoms with Crippen molar-refractivity contribution in [3.63, 3.8) is 0 Å². The van der Waals surface area contributed by atoms with Crippen LogP contribution in [0, 0.1) is 17.0 Å². The van der Waals surface area contributed by atoms with Crippen molar-refractivity contribution < 1.29 is 29.2 Å². The maximum atomic E-state index is 12.3. The van der Waals surface area contributed by atoms with E-state index in [0.717, 1.165) is 0 Å². The molecule has 10 nitrogen and oxygen atoms in total. The molecule has 0 radical (unpaired) electrons. The summed E-state index contributed by atoms with van der Waals surface area (Å²) < 4.78 is 5.57. The van der Waals surface area contributed by atoms with Gasteiger partial charge in [0.05, 0.1) is 18.0 Å². The van der Waals surface area contributed by atoms with Gasteiger partial charge < -0.3 is 19.6 Å². The van der Waals surface area contributed by atoms with Crippen molar-refractivity contribution in [3.05, 3.63) is 33.9 Å². The maximum absolute atomic E-state index is 12.3. The lowest BCUT2D eigenvalue weighted by Gasteiger charge is -2.35. The fourth-order valence-electron chi connectivity index (χ4n) is 3.07. The number of nitrogens with zero attached hydrogens (tertiary/aromatic N) is 3. The average Bonchev–Trinajstić information content (AvgIpc) is 2.68. The predicted molar refractivity (Wildman–Crippen MR) is 103 cm³/mol. The Morgan fingerprint density at radius 1 is 1.07 bits per heavy atom. The number of non-ortho nitro benzene ring substituents is 1. The Kier molecular flexibility index (Phi) is 7.93. The van der Waals surface area contributed by atoms with E-state index in [1.165, 1.54) is 18.2 Å². The van der Waals surface area contributed by atoms with Gasteiger partial charge in [-0.05, 0) is 25.0 Å². The number of aliphatic carboxylic acids is 1. The molecule has 29 heavy (non-hydrogen) atoms. The summed E-state index contributed by atoms with van der Waals surface area (Å²) in [6.45, 7) is 3.59. The van der Waals surface area contributed by atoms with Gasteiger partial charge in [0.2, 0.25) is 11.8 Å². The SMILES string of the molecule is Cc1cc([N+](=O)[O-])ccc1OCCC(=O)N1CCN(C(=O)CCCC(=O)O)CC1. The Morgan fingerprint density at radius 2 is 1.66 bits per heavy atom. The van der Waals surface area contributed by atoms with E-state index in [-0.39, 0.29) is 43.4 Å². The predicted octanol–water partition coefficient (Wildman–Crippen LogP) is 1.60. The molecular formula is C19H25N3O7. The lowest BCUT2D eigenvalue weighted by molar-refractivity contribution is -0.384. The van der Waals surface area contributed by atoms with E-state index >= 15 is 0 Å². The smallest absolute Gasteiger partial charge is 0.303 e. The van der Waals surface area contributed by atoms with Crippen molar-refractivity contribution in [2.75, 3.05) is 32.8 Å². The molecule has 0 bridgehead atoms. The summed E-state index contributed by atoms with van der Waals surface area (Å²) in [5.74, 6) is -0.586. The van der Waals surface area contributed by atoms with E-state index in [9.17, 15) is 24.5 Å². The lowest BCUT2D eigenvalue weighted by atomic mass is 10.2. The van der Waals surface area contributed by atoms with Crippen LogP contribution >= 0.6 is 0 Å². The molecule has 1 aliphatic rings. The molecule has 0 saturated carbocycles. The molecule has 0 aromatic heterocycles. The standard InChI is InChI=1S/C19H25N3O7/c1-14-13-15(22(27)28)5-6-16(14)29-12-7-18(24)21-10-8-20(9-11-21)17(23)3-2-4-19(25)26/h5-6,13H,2-4,7-12H2,1H3,(H,25,26). The number of carboxylic acid groups (broad SMARTS) is 1. The fraction of sp³-hybridized carbons (Fsp3) is 0.526. The van der Waals surface area contributed by atoms with Crippen LogP contribution in [0.1, 0.15) is 31.2 Å². The first-order valence-electron chi connectivity index (χ1n) is 9.43. The van der Waals surface area contributed by atoms with Crippen LogP contribution < -0.4 is 4.74 Å². The highest BCUT2D eigenvalue weighted by Gasteiger charge is 2.23. The third kappa shape index (κ3) is 6.74. The average molecular weight is 407 g/mol. The molecule has 1 N–H and O–H groups in total. The number of ether oxygens (including phenoxy) is 1. The van der Waals surface area contributed by atoms with Crippen molar-refractivity contribution in [1.29, 1.82) is 0 Å². The molecule has 2 rings (SSSR count). The van der Waals surface area contributed by atoms with Gasteiger partial charge in [0, 0.05) is 51.2 Å². The first-order chi connectivity index (χ1) is 13.8. The minimum absolute atomic E-state index is 0.0127. The second-order valence-electron chi connectivity index (χ2n) is 6.81. The van der Waals surface area contributed by atoms with E-state index in [1.807, 2.05) is 0 Å². The third-order valence-electron chi connectivity index (χ3n) is 4.71. The third-order valence-corrected chi connectivity index (χ3v) is 4.71. The minimum Gasteiger partial charge on any atom is -0.493 e. The van der Waals surface area contributed by atoms with Crippen LogP contribution in [0.15, 0.2) is 18.2 Å². The number of carbonyl (C=O) groups is 3. The molecule has 1 aliphatic heterocycles. The summed E-state index contributed by atoms with van der Waals surface area (Å²) in [4.78, 5) is 48.5. The van der Waals surface area contributed by atoms with Crippen molar-refractivity contribution in [2.24, 2.45) is 0 Å². The molecule has 1 heterocycles. The number of aryl methyl sites for hydroxylation is 1. The number of nitro benzene ring substituents is 1. The highest BCUT2D eigenvalue weighted by Crippen LogP contribution is 2.23. The van der Waals surface area contributed by atoms with Gasteiger partial charge in [-0.2, -0.15) is 0 Å². The highest BCUT2D eigenvalue weighted by molar-refractivity contribution is 5.79. The Labute approximate surface area is 168 Å². The molecule has 1 aromatic rings. The first-order valence-corrected chi connectivity index (χ1v) is 9.43. The number of hydrogen-bond donors (Lipinski definition) is 1. The van der Waals surface area contributed by atoms with Gasteiger partial charge in [-0.1, -0.05) is 0 Å². The van der Waals surface area contributed by atoms with Crippen LogP contribution in [0.25, 0.3) is 0 Å². The second-order valence-corrected chi connectivity index (χ2v) is 6.81. The zero-order valence-corrected chi connectivity index (χ0v) is 16.3. The Balaban J connectivity index is 1.71. The van der Waals surface area contributed by atoms with Gasteiger partial charge >= 0.3 is 5.97 Å². The number of hydrogen-bond acceptors (Lipinski definition) is 6. The number of piperazine rings is 1. The number of carboxylic acids is 1. The van der Waals surface area contributed by atoms with E-state index in [4.69, 9.17) is 9.84 Å². The van der Waals surface area contributed by atoms with Crippen molar-refractivity contribution in [1.82, 2.24) is 9.80 Å². The molecule has 1 fully saturated rings. The molecule has 0 unspecified atom stereocenters. The quantitative estimate of drug-likeness (QED) is 0.486. The van der Waals surface area contributed by atoms with Gasteiger partial charge in [-0.15, -0.1) is 0 Å². The topological polar surface area (TPSA) is 130 Å². The van der Waals surface area contributed by atoms with E-state index < -0.39 is 10.9 Å². The van der Waals surface area contributed by atoms with Crippen LogP contribution in [-0.4, -0.2) is 70.4 Å². The summed E-state index contributed by atoms with van der Waals surface area (Å²) in [7, 11) is 0. The Morgan fingerprint density at radius 3 is 2.17 bits per heavy atom. The fourth-order valence-corrected chi connectivity index (χ4v) is 3.07. The lowest BCUT2D eigenvalue weighted by Crippen LogP contribution is -2.50. The van der Waals surface area contributed by atoms with Gasteiger partial charge in [-0.3, -0.25) is 24.5 Å². The largest absolute Gasteiger partial charge is 0.493 e. The molecule has 1 aromatic carbocycles. The Hall–Kier alpha value is -3.17. The summed E-state index contributed by atoms with van der Waals surface area (Å²) in [6.07, 6.45) is 0.650. The number of benzene rings is 1. The van der Waals surface area contributed by atoms with Crippen LogP contribution in [-0.2, 0) is 14.4 Å². The molecule has 1 saturated heterocycles. The molecular weight excluding hydrogens is 382 g/mol. The number of nitro groups is 1. The van der Waals surface area contributed by atoms with Crippen molar-refractivity contribution >= 4 is 23.5 Å². The number of carbonyl (C=O) groups excluding carboxylic acids is 2. The molecule has 0 atom stereocenters. The van der Waals surface area contributed by atoms with Crippen LogP contribution in [0.4, 0.5) is 5.69 Å². The first kappa shape index (κ1) is 22.1. The van der Waals surface area contributed by atoms with Crippen molar-refractivity contribution in [2.45, 2.75) is 32.6 Å². The molecule has 10 heteroatoms. The van der Waals surface area contributed by atoms with E-state index in [2.05, 4.69) is 0 Å². The van der Waals surface area contributed by atoms with Gasteiger partial charge in [0.1, 0.15) is 5.75 Å².